The summed E-state index contributed by atoms with van der Waals surface area (Å²) < 4.78 is 28.6. The Morgan fingerprint density at radius 1 is 1.10 bits per heavy atom. The number of piperidine rings is 1. The number of hydrogen-bond donors (Lipinski definition) is 2. The third-order valence-electron chi connectivity index (χ3n) is 4.96. The van der Waals surface area contributed by atoms with Gasteiger partial charge >= 0.3 is 0 Å². The van der Waals surface area contributed by atoms with Gasteiger partial charge in [0.1, 0.15) is 11.6 Å². The Balaban J connectivity index is 1.67. The Morgan fingerprint density at radius 3 is 2.62 bits per heavy atom. The van der Waals surface area contributed by atoms with Gasteiger partial charge < -0.3 is 10.6 Å². The molecule has 1 unspecified atom stereocenters. The maximum Gasteiger partial charge on any atom is 0.258 e. The lowest BCUT2D eigenvalue weighted by atomic mass is 10.0. The molecule has 2 aromatic carbocycles. The molecular formula is C21H22BrF2N3O2. The lowest BCUT2D eigenvalue weighted by molar-refractivity contribution is -0.118. The van der Waals surface area contributed by atoms with Crippen LogP contribution in [0.3, 0.4) is 0 Å². The van der Waals surface area contributed by atoms with E-state index in [2.05, 4.69) is 38.4 Å². The summed E-state index contributed by atoms with van der Waals surface area (Å²) in [6, 6.07) is 8.21. The van der Waals surface area contributed by atoms with Crippen molar-refractivity contribution in [2.75, 3.05) is 23.7 Å². The maximum atomic E-state index is 14.1. The van der Waals surface area contributed by atoms with Gasteiger partial charge in [-0.05, 0) is 62.7 Å². The molecule has 0 radical (unpaired) electrons. The highest BCUT2D eigenvalue weighted by Crippen LogP contribution is 2.22. The SMILES string of the molecule is CC1CCCCN1CC(=O)Nc1ccc(F)c(NC(=O)c2ccc(Br)cc2F)c1. The molecule has 0 aliphatic carbocycles. The Hall–Kier alpha value is -2.32. The predicted molar refractivity (Wildman–Crippen MR) is 112 cm³/mol. The molecule has 1 aliphatic rings. The minimum Gasteiger partial charge on any atom is -0.325 e. The minimum atomic E-state index is -0.778. The summed E-state index contributed by atoms with van der Waals surface area (Å²) >= 11 is 3.12. The normalized spacial score (nSPS) is 17.0. The summed E-state index contributed by atoms with van der Waals surface area (Å²) in [4.78, 5) is 26.8. The first-order valence-electron chi connectivity index (χ1n) is 9.43. The van der Waals surface area contributed by atoms with E-state index in [1.807, 2.05) is 0 Å². The quantitative estimate of drug-likeness (QED) is 0.666. The topological polar surface area (TPSA) is 61.4 Å². The first kappa shape index (κ1) is 21.4. The van der Waals surface area contributed by atoms with Gasteiger partial charge in [-0.15, -0.1) is 0 Å². The number of carbonyl (C=O) groups excluding carboxylic acids is 2. The van der Waals surface area contributed by atoms with Gasteiger partial charge in [0.2, 0.25) is 5.91 Å². The second kappa shape index (κ2) is 9.45. The van der Waals surface area contributed by atoms with Crippen molar-refractivity contribution in [3.05, 3.63) is 58.1 Å². The van der Waals surface area contributed by atoms with Crippen LogP contribution in [0, 0.1) is 11.6 Å². The van der Waals surface area contributed by atoms with Crippen LogP contribution >= 0.6 is 15.9 Å². The van der Waals surface area contributed by atoms with E-state index in [9.17, 15) is 18.4 Å². The Labute approximate surface area is 176 Å². The molecule has 0 aromatic heterocycles. The van der Waals surface area contributed by atoms with Crippen molar-refractivity contribution in [3.63, 3.8) is 0 Å². The van der Waals surface area contributed by atoms with Gasteiger partial charge in [0.15, 0.2) is 0 Å². The van der Waals surface area contributed by atoms with Crippen molar-refractivity contribution in [1.29, 1.82) is 0 Å². The van der Waals surface area contributed by atoms with E-state index < -0.39 is 17.5 Å². The molecule has 1 aliphatic heterocycles. The van der Waals surface area contributed by atoms with Gasteiger partial charge in [-0.1, -0.05) is 22.4 Å². The number of hydrogen-bond acceptors (Lipinski definition) is 3. The fourth-order valence-electron chi connectivity index (χ4n) is 3.34. The first-order valence-corrected chi connectivity index (χ1v) is 10.2. The zero-order chi connectivity index (χ0) is 21.0. The summed E-state index contributed by atoms with van der Waals surface area (Å²) in [5.74, 6) is -2.39. The van der Waals surface area contributed by atoms with Gasteiger partial charge in [0.25, 0.3) is 5.91 Å². The molecule has 2 amide bonds. The number of amides is 2. The average Bonchev–Trinajstić information content (AvgIpc) is 2.66. The molecule has 1 atom stereocenters. The molecular weight excluding hydrogens is 444 g/mol. The van der Waals surface area contributed by atoms with E-state index in [1.54, 1.807) is 0 Å². The third-order valence-corrected chi connectivity index (χ3v) is 5.45. The molecule has 0 saturated carbocycles. The summed E-state index contributed by atoms with van der Waals surface area (Å²) in [6.07, 6.45) is 3.29. The number of rotatable bonds is 5. The van der Waals surface area contributed by atoms with E-state index in [1.165, 1.54) is 30.7 Å². The largest absolute Gasteiger partial charge is 0.325 e. The lowest BCUT2D eigenvalue weighted by Crippen LogP contribution is -2.42. The fourth-order valence-corrected chi connectivity index (χ4v) is 3.67. The van der Waals surface area contributed by atoms with Crippen molar-refractivity contribution in [2.24, 2.45) is 0 Å². The monoisotopic (exact) mass is 465 g/mol. The summed E-state index contributed by atoms with van der Waals surface area (Å²) in [5.41, 5.74) is 0.00947. The maximum absolute atomic E-state index is 14.1. The van der Waals surface area contributed by atoms with Crippen molar-refractivity contribution in [1.82, 2.24) is 4.90 Å². The number of nitrogens with zero attached hydrogens (tertiary/aromatic N) is 1. The molecule has 0 bridgehead atoms. The Bertz CT molecular complexity index is 923. The number of benzene rings is 2. The second-order valence-corrected chi connectivity index (χ2v) is 8.05. The van der Waals surface area contributed by atoms with Crippen LogP contribution in [0.1, 0.15) is 36.5 Å². The standard InChI is InChI=1S/C21H22BrF2N3O2/c1-13-4-2-3-9-27(13)12-20(28)25-15-6-8-17(23)19(11-15)26-21(29)16-7-5-14(22)10-18(16)24/h5-8,10-11,13H,2-4,9,12H2,1H3,(H,25,28)(H,26,29). The van der Waals surface area contributed by atoms with Crippen LogP contribution in [-0.4, -0.2) is 35.8 Å². The van der Waals surface area contributed by atoms with Gasteiger partial charge in [-0.2, -0.15) is 0 Å². The molecule has 3 rings (SSSR count). The molecule has 0 spiro atoms. The average molecular weight is 466 g/mol. The number of halogens is 3. The van der Waals surface area contributed by atoms with Crippen LogP contribution in [0.25, 0.3) is 0 Å². The second-order valence-electron chi connectivity index (χ2n) is 7.14. The molecule has 1 saturated heterocycles. The summed E-state index contributed by atoms with van der Waals surface area (Å²) in [6.45, 7) is 3.22. The molecule has 1 heterocycles. The van der Waals surface area contributed by atoms with E-state index in [-0.39, 0.29) is 23.7 Å². The van der Waals surface area contributed by atoms with Gasteiger partial charge in [0, 0.05) is 16.2 Å². The molecule has 154 valence electrons. The molecule has 5 nitrogen and oxygen atoms in total. The fraction of sp³-hybridized carbons (Fsp3) is 0.333. The highest BCUT2D eigenvalue weighted by Gasteiger charge is 2.21. The Kier molecular flexibility index (Phi) is 6.97. The molecule has 2 N–H and O–H groups in total. The molecule has 29 heavy (non-hydrogen) atoms. The van der Waals surface area contributed by atoms with Crippen molar-refractivity contribution in [3.8, 4) is 0 Å². The van der Waals surface area contributed by atoms with Gasteiger partial charge in [-0.25, -0.2) is 8.78 Å². The number of likely N-dealkylation sites (tertiary alicyclic amines) is 1. The first-order chi connectivity index (χ1) is 13.8. The van der Waals surface area contributed by atoms with E-state index in [4.69, 9.17) is 0 Å². The van der Waals surface area contributed by atoms with Gasteiger partial charge in [-0.3, -0.25) is 14.5 Å². The molecule has 8 heteroatoms. The van der Waals surface area contributed by atoms with Crippen LogP contribution in [-0.2, 0) is 4.79 Å². The highest BCUT2D eigenvalue weighted by molar-refractivity contribution is 9.10. The van der Waals surface area contributed by atoms with Crippen molar-refractivity contribution < 1.29 is 18.4 Å². The summed E-state index contributed by atoms with van der Waals surface area (Å²) in [5, 5.41) is 5.09. The predicted octanol–water partition coefficient (Wildman–Crippen LogP) is 4.79. The van der Waals surface area contributed by atoms with Gasteiger partial charge in [0.05, 0.1) is 17.8 Å². The van der Waals surface area contributed by atoms with E-state index >= 15 is 0 Å². The molecule has 1 fully saturated rings. The lowest BCUT2D eigenvalue weighted by Gasteiger charge is -2.32. The van der Waals surface area contributed by atoms with Crippen LogP contribution < -0.4 is 10.6 Å². The zero-order valence-corrected chi connectivity index (χ0v) is 17.6. The van der Waals surface area contributed by atoms with Crippen LogP contribution in [0.2, 0.25) is 0 Å². The zero-order valence-electron chi connectivity index (χ0n) is 16.0. The van der Waals surface area contributed by atoms with Crippen LogP contribution in [0.5, 0.6) is 0 Å². The van der Waals surface area contributed by atoms with Crippen molar-refractivity contribution >= 4 is 39.1 Å². The third kappa shape index (κ3) is 5.61. The molecule has 2 aromatic rings. The smallest absolute Gasteiger partial charge is 0.258 e. The Morgan fingerprint density at radius 2 is 1.90 bits per heavy atom. The van der Waals surface area contributed by atoms with Crippen LogP contribution in [0.15, 0.2) is 40.9 Å². The van der Waals surface area contributed by atoms with E-state index in [0.717, 1.165) is 31.5 Å². The summed E-state index contributed by atoms with van der Waals surface area (Å²) in [7, 11) is 0. The number of carbonyl (C=O) groups is 2. The van der Waals surface area contributed by atoms with Crippen LogP contribution in [0.4, 0.5) is 20.2 Å². The van der Waals surface area contributed by atoms with E-state index in [0.29, 0.717) is 16.2 Å². The number of nitrogens with one attached hydrogen (secondary N) is 2. The number of anilines is 2. The highest BCUT2D eigenvalue weighted by atomic mass is 79.9. The van der Waals surface area contributed by atoms with Crippen molar-refractivity contribution in [2.45, 2.75) is 32.2 Å². The minimum absolute atomic E-state index is 0.138.